The van der Waals surface area contributed by atoms with Crippen LogP contribution in [0.4, 0.5) is 11.6 Å². The molecule has 0 aliphatic heterocycles. The topological polar surface area (TPSA) is 85.3 Å². The number of fused-ring (bicyclic) bond motifs is 1. The number of hydrogen-bond donors (Lipinski definition) is 2. The second-order valence-corrected chi connectivity index (χ2v) is 5.96. The first-order chi connectivity index (χ1) is 11.2. The van der Waals surface area contributed by atoms with Crippen molar-refractivity contribution in [1.29, 1.82) is 0 Å². The SMILES string of the molecule is Nc1nc2ccc(-c3ccc(NC(=O)CC4CC4)cc3)cn2n1. The predicted octanol–water partition coefficient (Wildman–Crippen LogP) is 2.72. The number of nitrogens with two attached hydrogens (primary N) is 1. The van der Waals surface area contributed by atoms with Crippen LogP contribution in [0.5, 0.6) is 0 Å². The normalized spacial score (nSPS) is 14.1. The zero-order chi connectivity index (χ0) is 15.8. The number of benzene rings is 1. The molecule has 1 amide bonds. The Bertz CT molecular complexity index is 864. The fourth-order valence-corrected chi connectivity index (χ4v) is 2.61. The molecule has 2 heterocycles. The van der Waals surface area contributed by atoms with Gasteiger partial charge in [-0.05, 0) is 48.6 Å². The lowest BCUT2D eigenvalue weighted by molar-refractivity contribution is -0.116. The lowest BCUT2D eigenvalue weighted by atomic mass is 10.1. The summed E-state index contributed by atoms with van der Waals surface area (Å²) in [6.07, 6.45) is 4.88. The summed E-state index contributed by atoms with van der Waals surface area (Å²) >= 11 is 0. The van der Waals surface area contributed by atoms with Crippen molar-refractivity contribution in [3.05, 3.63) is 42.6 Å². The van der Waals surface area contributed by atoms with E-state index in [1.807, 2.05) is 42.6 Å². The Balaban J connectivity index is 1.52. The number of aromatic nitrogens is 3. The molecule has 0 radical (unpaired) electrons. The largest absolute Gasteiger partial charge is 0.366 e. The van der Waals surface area contributed by atoms with Crippen LogP contribution in [0.25, 0.3) is 16.8 Å². The van der Waals surface area contributed by atoms with Crippen molar-refractivity contribution >= 4 is 23.2 Å². The molecule has 4 rings (SSSR count). The van der Waals surface area contributed by atoms with E-state index < -0.39 is 0 Å². The molecule has 3 N–H and O–H groups in total. The van der Waals surface area contributed by atoms with Gasteiger partial charge in [0.1, 0.15) is 0 Å². The Hall–Kier alpha value is -2.89. The van der Waals surface area contributed by atoms with Gasteiger partial charge in [0.25, 0.3) is 0 Å². The smallest absolute Gasteiger partial charge is 0.240 e. The third-order valence-electron chi connectivity index (χ3n) is 4.02. The lowest BCUT2D eigenvalue weighted by Crippen LogP contribution is -2.11. The number of nitrogens with zero attached hydrogens (tertiary/aromatic N) is 3. The van der Waals surface area contributed by atoms with E-state index in [9.17, 15) is 4.79 Å². The molecule has 1 aliphatic rings. The van der Waals surface area contributed by atoms with E-state index in [0.717, 1.165) is 22.5 Å². The minimum absolute atomic E-state index is 0.0970. The van der Waals surface area contributed by atoms with Crippen molar-refractivity contribution in [3.8, 4) is 11.1 Å². The molecule has 0 unspecified atom stereocenters. The molecule has 1 saturated carbocycles. The first-order valence-electron chi connectivity index (χ1n) is 7.69. The summed E-state index contributed by atoms with van der Waals surface area (Å²) in [5.74, 6) is 0.951. The summed E-state index contributed by atoms with van der Waals surface area (Å²) in [6.45, 7) is 0. The van der Waals surface area contributed by atoms with Crippen molar-refractivity contribution in [1.82, 2.24) is 14.6 Å². The van der Waals surface area contributed by atoms with Gasteiger partial charge in [0.2, 0.25) is 11.9 Å². The second-order valence-electron chi connectivity index (χ2n) is 5.96. The molecule has 1 aliphatic carbocycles. The van der Waals surface area contributed by atoms with Crippen molar-refractivity contribution < 1.29 is 4.79 Å². The number of pyridine rings is 1. The molecule has 1 aromatic carbocycles. The quantitative estimate of drug-likeness (QED) is 0.776. The van der Waals surface area contributed by atoms with Crippen LogP contribution in [0.2, 0.25) is 0 Å². The van der Waals surface area contributed by atoms with Gasteiger partial charge in [-0.25, -0.2) is 4.52 Å². The van der Waals surface area contributed by atoms with Crippen molar-refractivity contribution in [2.75, 3.05) is 11.1 Å². The molecule has 1 fully saturated rings. The van der Waals surface area contributed by atoms with Crippen LogP contribution in [-0.2, 0) is 4.79 Å². The monoisotopic (exact) mass is 307 g/mol. The summed E-state index contributed by atoms with van der Waals surface area (Å²) in [5, 5.41) is 7.06. The molecule has 6 heteroatoms. The Morgan fingerprint density at radius 2 is 1.91 bits per heavy atom. The fraction of sp³-hybridized carbons (Fsp3) is 0.235. The first kappa shape index (κ1) is 13.8. The molecule has 2 aromatic heterocycles. The van der Waals surface area contributed by atoms with Gasteiger partial charge in [0, 0.05) is 23.9 Å². The highest BCUT2D eigenvalue weighted by atomic mass is 16.1. The van der Waals surface area contributed by atoms with E-state index in [1.54, 1.807) is 4.52 Å². The maximum absolute atomic E-state index is 11.8. The van der Waals surface area contributed by atoms with E-state index in [2.05, 4.69) is 15.4 Å². The summed E-state index contributed by atoms with van der Waals surface area (Å²) in [5.41, 5.74) is 9.20. The van der Waals surface area contributed by atoms with Crippen molar-refractivity contribution in [3.63, 3.8) is 0 Å². The first-order valence-corrected chi connectivity index (χ1v) is 7.69. The summed E-state index contributed by atoms with van der Waals surface area (Å²) < 4.78 is 1.66. The van der Waals surface area contributed by atoms with Gasteiger partial charge in [-0.2, -0.15) is 4.98 Å². The van der Waals surface area contributed by atoms with E-state index in [4.69, 9.17) is 5.73 Å². The maximum Gasteiger partial charge on any atom is 0.240 e. The van der Waals surface area contributed by atoms with Crippen LogP contribution in [0.3, 0.4) is 0 Å². The number of rotatable bonds is 4. The predicted molar refractivity (Wildman–Crippen MR) is 88.8 cm³/mol. The highest BCUT2D eigenvalue weighted by molar-refractivity contribution is 5.91. The molecule has 0 spiro atoms. The van der Waals surface area contributed by atoms with Gasteiger partial charge in [0.05, 0.1) is 0 Å². The highest BCUT2D eigenvalue weighted by Gasteiger charge is 2.24. The van der Waals surface area contributed by atoms with Crippen LogP contribution in [0.15, 0.2) is 42.6 Å². The number of anilines is 2. The zero-order valence-electron chi connectivity index (χ0n) is 12.6. The number of carbonyl (C=O) groups excluding carboxylic acids is 1. The molecule has 6 nitrogen and oxygen atoms in total. The van der Waals surface area contributed by atoms with Crippen LogP contribution >= 0.6 is 0 Å². The van der Waals surface area contributed by atoms with Crippen molar-refractivity contribution in [2.45, 2.75) is 19.3 Å². The van der Waals surface area contributed by atoms with Gasteiger partial charge in [-0.1, -0.05) is 12.1 Å². The average Bonchev–Trinajstić information content (AvgIpc) is 3.25. The Kier molecular flexibility index (Phi) is 3.22. The summed E-state index contributed by atoms with van der Waals surface area (Å²) in [7, 11) is 0. The summed E-state index contributed by atoms with van der Waals surface area (Å²) in [6, 6.07) is 11.6. The minimum atomic E-state index is 0.0970. The molecule has 0 bridgehead atoms. The number of nitrogen functional groups attached to an aromatic ring is 1. The molecule has 0 atom stereocenters. The lowest BCUT2D eigenvalue weighted by Gasteiger charge is -2.07. The highest BCUT2D eigenvalue weighted by Crippen LogP contribution is 2.32. The molecular formula is C17H17N5O. The van der Waals surface area contributed by atoms with Gasteiger partial charge in [0.15, 0.2) is 5.65 Å². The van der Waals surface area contributed by atoms with Crippen LogP contribution in [-0.4, -0.2) is 20.5 Å². The third-order valence-corrected chi connectivity index (χ3v) is 4.02. The second kappa shape index (κ2) is 5.39. The van der Waals surface area contributed by atoms with E-state index in [0.29, 0.717) is 12.3 Å². The van der Waals surface area contributed by atoms with Crippen LogP contribution in [0.1, 0.15) is 19.3 Å². The number of hydrogen-bond acceptors (Lipinski definition) is 4. The van der Waals surface area contributed by atoms with Gasteiger partial charge < -0.3 is 11.1 Å². The third kappa shape index (κ3) is 3.01. The molecular weight excluding hydrogens is 290 g/mol. The van der Waals surface area contributed by atoms with Gasteiger partial charge in [-0.15, -0.1) is 5.10 Å². The van der Waals surface area contributed by atoms with E-state index in [-0.39, 0.29) is 11.9 Å². The molecule has 3 aromatic rings. The molecule has 0 saturated heterocycles. The number of carbonyl (C=O) groups is 1. The van der Waals surface area contributed by atoms with Crippen molar-refractivity contribution in [2.24, 2.45) is 5.92 Å². The standard InChI is InChI=1S/C17H17N5O/c18-17-20-15-8-5-13(10-22(15)21-17)12-3-6-14(7-4-12)19-16(23)9-11-1-2-11/h3-8,10-11H,1-2,9H2,(H2,18,21)(H,19,23). The summed E-state index contributed by atoms with van der Waals surface area (Å²) in [4.78, 5) is 15.9. The number of amides is 1. The van der Waals surface area contributed by atoms with E-state index >= 15 is 0 Å². The van der Waals surface area contributed by atoms with E-state index in [1.165, 1.54) is 12.8 Å². The van der Waals surface area contributed by atoms with Crippen LogP contribution in [0, 0.1) is 5.92 Å². The maximum atomic E-state index is 11.8. The minimum Gasteiger partial charge on any atom is -0.366 e. The zero-order valence-corrected chi connectivity index (χ0v) is 12.6. The Morgan fingerprint density at radius 3 is 2.65 bits per heavy atom. The average molecular weight is 307 g/mol. The molecule has 23 heavy (non-hydrogen) atoms. The van der Waals surface area contributed by atoms with Crippen LogP contribution < -0.4 is 11.1 Å². The molecule has 116 valence electrons. The van der Waals surface area contributed by atoms with Gasteiger partial charge >= 0.3 is 0 Å². The Labute approximate surface area is 133 Å². The fourth-order valence-electron chi connectivity index (χ4n) is 2.61. The Morgan fingerprint density at radius 1 is 1.17 bits per heavy atom. The van der Waals surface area contributed by atoms with Gasteiger partial charge in [-0.3, -0.25) is 4.79 Å². The number of nitrogens with one attached hydrogen (secondary N) is 1.